The van der Waals surface area contributed by atoms with Gasteiger partial charge in [-0.15, -0.1) is 0 Å². The molecule has 7 nitrogen and oxygen atoms in total. The zero-order valence-corrected chi connectivity index (χ0v) is 15.1. The third-order valence-corrected chi connectivity index (χ3v) is 4.98. The molecule has 2 aromatic heterocycles. The predicted molar refractivity (Wildman–Crippen MR) is 97.1 cm³/mol. The Morgan fingerprint density at radius 2 is 2.12 bits per heavy atom. The first-order valence-electron chi connectivity index (χ1n) is 7.81. The quantitative estimate of drug-likeness (QED) is 0.411. The van der Waals surface area contributed by atoms with Crippen molar-refractivity contribution in [3.8, 4) is 0 Å². The van der Waals surface area contributed by atoms with Crippen LogP contribution in [-0.2, 0) is 20.8 Å². The molecule has 8 heteroatoms. The van der Waals surface area contributed by atoms with Crippen molar-refractivity contribution in [2.75, 3.05) is 20.8 Å². The van der Waals surface area contributed by atoms with Crippen LogP contribution < -0.4 is 5.56 Å². The summed E-state index contributed by atoms with van der Waals surface area (Å²) in [7, 11) is 2.91. The summed E-state index contributed by atoms with van der Waals surface area (Å²) in [5.74, 6) is -0.364. The second-order valence-electron chi connectivity index (χ2n) is 5.52. The summed E-state index contributed by atoms with van der Waals surface area (Å²) < 4.78 is 11.4. The number of fused-ring (bicyclic) bond motifs is 3. The summed E-state index contributed by atoms with van der Waals surface area (Å²) in [6.07, 6.45) is 0. The van der Waals surface area contributed by atoms with Gasteiger partial charge in [0.15, 0.2) is 5.16 Å². The van der Waals surface area contributed by atoms with Gasteiger partial charge in [-0.25, -0.2) is 4.98 Å². The van der Waals surface area contributed by atoms with E-state index in [0.29, 0.717) is 29.3 Å². The van der Waals surface area contributed by atoms with E-state index in [1.807, 2.05) is 24.3 Å². The molecule has 25 heavy (non-hydrogen) atoms. The first-order chi connectivity index (χ1) is 12.1. The number of rotatable bonds is 6. The number of nitrogens with one attached hydrogen (secondary N) is 1. The van der Waals surface area contributed by atoms with Crippen LogP contribution in [0.25, 0.3) is 21.9 Å². The standard InChI is InChI=1S/C17H19N3O4S/c1-10(16(22)24-3)25-17-19-13-11-6-4-5-7-12(11)18-14(13)15(21)20(17)8-9-23-2/h4-7,10,18H,8-9H2,1-3H3/t10-/m0/s1. The number of hydrogen-bond acceptors (Lipinski definition) is 6. The molecule has 0 aliphatic heterocycles. The fourth-order valence-corrected chi connectivity index (χ4v) is 3.57. The van der Waals surface area contributed by atoms with Gasteiger partial charge in [0.05, 0.1) is 20.3 Å². The van der Waals surface area contributed by atoms with E-state index in [1.165, 1.54) is 23.4 Å². The lowest BCUT2D eigenvalue weighted by Gasteiger charge is -2.14. The van der Waals surface area contributed by atoms with Crippen LogP contribution >= 0.6 is 11.8 Å². The van der Waals surface area contributed by atoms with Crippen molar-refractivity contribution in [2.24, 2.45) is 0 Å². The van der Waals surface area contributed by atoms with Crippen molar-refractivity contribution in [1.82, 2.24) is 14.5 Å². The Hall–Kier alpha value is -2.32. The van der Waals surface area contributed by atoms with E-state index in [-0.39, 0.29) is 11.5 Å². The summed E-state index contributed by atoms with van der Waals surface area (Å²) >= 11 is 1.20. The van der Waals surface area contributed by atoms with E-state index in [0.717, 1.165) is 10.9 Å². The van der Waals surface area contributed by atoms with Gasteiger partial charge in [-0.05, 0) is 13.0 Å². The Labute approximate surface area is 148 Å². The smallest absolute Gasteiger partial charge is 0.318 e. The van der Waals surface area contributed by atoms with Crippen LogP contribution in [0, 0.1) is 0 Å². The van der Waals surface area contributed by atoms with Crippen molar-refractivity contribution in [1.29, 1.82) is 0 Å². The van der Waals surface area contributed by atoms with Crippen molar-refractivity contribution in [3.63, 3.8) is 0 Å². The largest absolute Gasteiger partial charge is 0.468 e. The number of hydrogen-bond donors (Lipinski definition) is 1. The zero-order chi connectivity index (χ0) is 18.0. The number of esters is 1. The molecule has 0 saturated carbocycles. The number of carbonyl (C=O) groups excluding carboxylic acids is 1. The third kappa shape index (κ3) is 3.27. The van der Waals surface area contributed by atoms with Crippen molar-refractivity contribution in [2.45, 2.75) is 23.9 Å². The number of nitrogens with zero attached hydrogens (tertiary/aromatic N) is 2. The normalized spacial score (nSPS) is 12.6. The highest BCUT2D eigenvalue weighted by Gasteiger charge is 2.21. The van der Waals surface area contributed by atoms with Gasteiger partial charge in [-0.2, -0.15) is 0 Å². The second-order valence-corrected chi connectivity index (χ2v) is 6.83. The molecule has 3 aromatic rings. The highest BCUT2D eigenvalue weighted by molar-refractivity contribution is 8.00. The van der Waals surface area contributed by atoms with Crippen LogP contribution in [0.4, 0.5) is 0 Å². The Balaban J connectivity index is 2.19. The molecule has 0 fully saturated rings. The summed E-state index contributed by atoms with van der Waals surface area (Å²) in [5.41, 5.74) is 1.72. The van der Waals surface area contributed by atoms with E-state index in [4.69, 9.17) is 9.47 Å². The van der Waals surface area contributed by atoms with E-state index >= 15 is 0 Å². The molecule has 0 unspecified atom stereocenters. The summed E-state index contributed by atoms with van der Waals surface area (Å²) in [4.78, 5) is 32.5. The predicted octanol–water partition coefficient (Wildman–Crippen LogP) is 2.18. The van der Waals surface area contributed by atoms with Crippen molar-refractivity contribution in [3.05, 3.63) is 34.6 Å². The molecular weight excluding hydrogens is 342 g/mol. The average Bonchev–Trinajstić information content (AvgIpc) is 2.99. The molecule has 0 radical (unpaired) electrons. The van der Waals surface area contributed by atoms with Crippen molar-refractivity contribution >= 4 is 39.7 Å². The highest BCUT2D eigenvalue weighted by atomic mass is 32.2. The molecule has 0 bridgehead atoms. The number of ether oxygens (including phenoxy) is 2. The number of methoxy groups -OCH3 is 2. The molecule has 0 aliphatic carbocycles. The Morgan fingerprint density at radius 3 is 2.84 bits per heavy atom. The number of aromatic amines is 1. The first kappa shape index (κ1) is 17.5. The van der Waals surface area contributed by atoms with Crippen LogP contribution in [0.2, 0.25) is 0 Å². The zero-order valence-electron chi connectivity index (χ0n) is 14.2. The Morgan fingerprint density at radius 1 is 1.36 bits per heavy atom. The van der Waals surface area contributed by atoms with E-state index in [9.17, 15) is 9.59 Å². The van der Waals surface area contributed by atoms with E-state index in [1.54, 1.807) is 14.0 Å². The molecule has 0 amide bonds. The maximum absolute atomic E-state index is 13.0. The lowest BCUT2D eigenvalue weighted by atomic mass is 10.2. The number of thioether (sulfide) groups is 1. The SMILES string of the molecule is COCCn1c(S[C@@H](C)C(=O)OC)nc2c([nH]c3ccccc32)c1=O. The number of benzene rings is 1. The monoisotopic (exact) mass is 361 g/mol. The van der Waals surface area contributed by atoms with Crippen LogP contribution in [0.1, 0.15) is 6.92 Å². The molecule has 0 saturated heterocycles. The minimum absolute atomic E-state index is 0.183. The van der Waals surface area contributed by atoms with Crippen molar-refractivity contribution < 1.29 is 14.3 Å². The Kier molecular flexibility index (Phi) is 5.10. The molecule has 0 aliphatic rings. The van der Waals surface area contributed by atoms with Gasteiger partial charge in [0.25, 0.3) is 5.56 Å². The first-order valence-corrected chi connectivity index (χ1v) is 8.69. The minimum atomic E-state index is -0.478. The summed E-state index contributed by atoms with van der Waals surface area (Å²) in [6, 6.07) is 7.62. The molecule has 3 rings (SSSR count). The van der Waals surface area contributed by atoms with Gasteiger partial charge in [0, 0.05) is 18.0 Å². The number of para-hydroxylation sites is 1. The van der Waals surface area contributed by atoms with Crippen LogP contribution in [0.5, 0.6) is 0 Å². The second kappa shape index (κ2) is 7.28. The maximum atomic E-state index is 13.0. The average molecular weight is 361 g/mol. The van der Waals surface area contributed by atoms with Gasteiger partial charge in [0.1, 0.15) is 16.3 Å². The maximum Gasteiger partial charge on any atom is 0.318 e. The minimum Gasteiger partial charge on any atom is -0.468 e. The molecule has 1 atom stereocenters. The Bertz CT molecular complexity index is 979. The molecule has 1 aromatic carbocycles. The molecule has 2 heterocycles. The lowest BCUT2D eigenvalue weighted by Crippen LogP contribution is -2.26. The highest BCUT2D eigenvalue weighted by Crippen LogP contribution is 2.26. The molecule has 1 N–H and O–H groups in total. The summed E-state index contributed by atoms with van der Waals surface area (Å²) in [6.45, 7) is 2.44. The van der Waals surface area contributed by atoms with E-state index < -0.39 is 5.25 Å². The number of aromatic nitrogens is 3. The van der Waals surface area contributed by atoms with Gasteiger partial charge in [0.2, 0.25) is 0 Å². The van der Waals surface area contributed by atoms with Gasteiger partial charge in [-0.3, -0.25) is 14.2 Å². The molecular formula is C17H19N3O4S. The van der Waals surface area contributed by atoms with Gasteiger partial charge in [-0.1, -0.05) is 30.0 Å². The summed E-state index contributed by atoms with van der Waals surface area (Å²) in [5, 5.41) is 0.867. The van der Waals surface area contributed by atoms with Crippen LogP contribution in [0.3, 0.4) is 0 Å². The van der Waals surface area contributed by atoms with Gasteiger partial charge < -0.3 is 14.5 Å². The topological polar surface area (TPSA) is 86.2 Å². The lowest BCUT2D eigenvalue weighted by molar-refractivity contribution is -0.139. The third-order valence-electron chi connectivity index (χ3n) is 3.91. The molecule has 132 valence electrons. The van der Waals surface area contributed by atoms with E-state index in [2.05, 4.69) is 9.97 Å². The number of H-pyrrole nitrogens is 1. The fourth-order valence-electron chi connectivity index (χ4n) is 2.62. The fraction of sp³-hybridized carbons (Fsp3) is 0.353. The number of carbonyl (C=O) groups is 1. The van der Waals surface area contributed by atoms with Gasteiger partial charge >= 0.3 is 5.97 Å². The van der Waals surface area contributed by atoms with Crippen LogP contribution in [0.15, 0.2) is 34.2 Å². The molecule has 0 spiro atoms. The van der Waals surface area contributed by atoms with Crippen LogP contribution in [-0.4, -0.2) is 46.6 Å².